The zero-order chi connectivity index (χ0) is 14.3. The molecule has 1 rings (SSSR count). The predicted molar refractivity (Wildman–Crippen MR) is 72.1 cm³/mol. The zero-order valence-corrected chi connectivity index (χ0v) is 11.6. The number of carbonyl (C=O) groups excluding carboxylic acids is 2. The maximum atomic E-state index is 11.9. The summed E-state index contributed by atoms with van der Waals surface area (Å²) in [6.07, 6.45) is 0.742. The lowest BCUT2D eigenvalue weighted by Crippen LogP contribution is -2.16. The van der Waals surface area contributed by atoms with Crippen molar-refractivity contribution in [1.29, 1.82) is 0 Å². The standard InChI is InChI=1S/C15H20O4/c1-4-9-18-14(16)12-7-5-6-8-13(12)15(17)19-10-11(2)3/h5-8,11H,4,9-10H2,1-3H3. The van der Waals surface area contributed by atoms with Crippen molar-refractivity contribution < 1.29 is 19.1 Å². The Morgan fingerprint density at radius 2 is 1.58 bits per heavy atom. The number of carbonyl (C=O) groups is 2. The summed E-state index contributed by atoms with van der Waals surface area (Å²) in [5.74, 6) is -0.722. The van der Waals surface area contributed by atoms with Crippen molar-refractivity contribution in [2.24, 2.45) is 5.92 Å². The Kier molecular flexibility index (Phi) is 6.06. The van der Waals surface area contributed by atoms with Gasteiger partial charge >= 0.3 is 11.9 Å². The number of ether oxygens (including phenoxy) is 2. The van der Waals surface area contributed by atoms with Crippen LogP contribution in [0.1, 0.15) is 47.9 Å². The first-order chi connectivity index (χ1) is 9.06. The molecule has 4 heteroatoms. The van der Waals surface area contributed by atoms with E-state index in [4.69, 9.17) is 9.47 Å². The third-order valence-electron chi connectivity index (χ3n) is 2.35. The van der Waals surface area contributed by atoms with E-state index in [0.717, 1.165) is 6.42 Å². The Labute approximate surface area is 113 Å². The van der Waals surface area contributed by atoms with Crippen molar-refractivity contribution in [2.75, 3.05) is 13.2 Å². The van der Waals surface area contributed by atoms with Gasteiger partial charge in [0, 0.05) is 0 Å². The van der Waals surface area contributed by atoms with Gasteiger partial charge in [-0.2, -0.15) is 0 Å². The summed E-state index contributed by atoms with van der Waals surface area (Å²) >= 11 is 0. The highest BCUT2D eigenvalue weighted by molar-refractivity contribution is 6.03. The molecule has 0 saturated carbocycles. The van der Waals surface area contributed by atoms with Crippen LogP contribution in [0.15, 0.2) is 24.3 Å². The molecule has 0 aliphatic carbocycles. The largest absolute Gasteiger partial charge is 0.462 e. The Morgan fingerprint density at radius 1 is 1.05 bits per heavy atom. The topological polar surface area (TPSA) is 52.6 Å². The number of hydrogen-bond acceptors (Lipinski definition) is 4. The van der Waals surface area contributed by atoms with Crippen molar-refractivity contribution in [3.05, 3.63) is 35.4 Å². The van der Waals surface area contributed by atoms with Crippen molar-refractivity contribution in [1.82, 2.24) is 0 Å². The molecule has 1 aromatic rings. The second-order valence-corrected chi connectivity index (χ2v) is 4.67. The molecular weight excluding hydrogens is 244 g/mol. The lowest BCUT2D eigenvalue weighted by atomic mass is 10.1. The molecule has 4 nitrogen and oxygen atoms in total. The molecule has 0 aliphatic heterocycles. The van der Waals surface area contributed by atoms with Gasteiger partial charge in [-0.25, -0.2) is 9.59 Å². The van der Waals surface area contributed by atoms with Crippen molar-refractivity contribution in [3.8, 4) is 0 Å². The van der Waals surface area contributed by atoms with Gasteiger partial charge in [-0.1, -0.05) is 32.9 Å². The van der Waals surface area contributed by atoms with Crippen LogP contribution in [0.25, 0.3) is 0 Å². The molecule has 1 aromatic carbocycles. The molecule has 0 N–H and O–H groups in total. The molecule has 0 bridgehead atoms. The van der Waals surface area contributed by atoms with E-state index in [1.165, 1.54) is 0 Å². The summed E-state index contributed by atoms with van der Waals surface area (Å²) in [6, 6.07) is 6.54. The summed E-state index contributed by atoms with van der Waals surface area (Å²) in [4.78, 5) is 23.8. The summed E-state index contributed by atoms with van der Waals surface area (Å²) < 4.78 is 10.2. The fraction of sp³-hybridized carbons (Fsp3) is 0.467. The normalized spacial score (nSPS) is 10.3. The van der Waals surface area contributed by atoms with Gasteiger partial charge in [0.05, 0.1) is 24.3 Å². The first-order valence-corrected chi connectivity index (χ1v) is 6.49. The molecule has 19 heavy (non-hydrogen) atoms. The van der Waals surface area contributed by atoms with E-state index < -0.39 is 11.9 Å². The zero-order valence-electron chi connectivity index (χ0n) is 11.6. The van der Waals surface area contributed by atoms with Gasteiger partial charge in [-0.3, -0.25) is 0 Å². The third-order valence-corrected chi connectivity index (χ3v) is 2.35. The van der Waals surface area contributed by atoms with Gasteiger partial charge in [0.2, 0.25) is 0 Å². The molecule has 0 aromatic heterocycles. The van der Waals surface area contributed by atoms with Crippen LogP contribution in [0.5, 0.6) is 0 Å². The molecule has 0 unspecified atom stereocenters. The van der Waals surface area contributed by atoms with Crippen molar-refractivity contribution >= 4 is 11.9 Å². The molecule has 0 spiro atoms. The van der Waals surface area contributed by atoms with Crippen LogP contribution in [0, 0.1) is 5.92 Å². The van der Waals surface area contributed by atoms with E-state index in [-0.39, 0.29) is 17.0 Å². The van der Waals surface area contributed by atoms with Gasteiger partial charge < -0.3 is 9.47 Å². The molecule has 0 aliphatic rings. The van der Waals surface area contributed by atoms with Crippen molar-refractivity contribution in [3.63, 3.8) is 0 Å². The Morgan fingerprint density at radius 3 is 2.05 bits per heavy atom. The maximum absolute atomic E-state index is 11.9. The van der Waals surface area contributed by atoms with Gasteiger partial charge in [-0.15, -0.1) is 0 Å². The lowest BCUT2D eigenvalue weighted by molar-refractivity contribution is 0.0430. The highest BCUT2D eigenvalue weighted by Crippen LogP contribution is 2.12. The smallest absolute Gasteiger partial charge is 0.339 e. The number of esters is 2. The number of rotatable bonds is 6. The average molecular weight is 264 g/mol. The molecule has 104 valence electrons. The highest BCUT2D eigenvalue weighted by Gasteiger charge is 2.18. The van der Waals surface area contributed by atoms with Gasteiger partial charge in [-0.05, 0) is 24.5 Å². The van der Waals surface area contributed by atoms with Crippen LogP contribution in [0.3, 0.4) is 0 Å². The minimum atomic E-state index is -0.488. The quantitative estimate of drug-likeness (QED) is 0.741. The maximum Gasteiger partial charge on any atom is 0.339 e. The fourth-order valence-electron chi connectivity index (χ4n) is 1.43. The Balaban J connectivity index is 2.83. The summed E-state index contributed by atoms with van der Waals surface area (Å²) in [5, 5.41) is 0. The molecule has 0 amide bonds. The van der Waals surface area contributed by atoms with Gasteiger partial charge in [0.1, 0.15) is 0 Å². The SMILES string of the molecule is CCCOC(=O)c1ccccc1C(=O)OCC(C)C. The summed E-state index contributed by atoms with van der Waals surface area (Å²) in [6.45, 7) is 6.49. The molecule has 0 saturated heterocycles. The molecule has 0 atom stereocenters. The van der Waals surface area contributed by atoms with Crippen LogP contribution < -0.4 is 0 Å². The monoisotopic (exact) mass is 264 g/mol. The first kappa shape index (κ1) is 15.2. The van der Waals surface area contributed by atoms with Gasteiger partial charge in [0.15, 0.2) is 0 Å². The van der Waals surface area contributed by atoms with E-state index in [2.05, 4.69) is 0 Å². The highest BCUT2D eigenvalue weighted by atomic mass is 16.5. The van der Waals surface area contributed by atoms with E-state index in [9.17, 15) is 9.59 Å². The van der Waals surface area contributed by atoms with E-state index in [1.807, 2.05) is 20.8 Å². The van der Waals surface area contributed by atoms with Crippen LogP contribution >= 0.6 is 0 Å². The van der Waals surface area contributed by atoms with Crippen LogP contribution in [0.4, 0.5) is 0 Å². The fourth-order valence-corrected chi connectivity index (χ4v) is 1.43. The third kappa shape index (κ3) is 4.73. The minimum absolute atomic E-state index is 0.253. The average Bonchev–Trinajstić information content (AvgIpc) is 2.42. The van der Waals surface area contributed by atoms with E-state index in [0.29, 0.717) is 13.2 Å². The molecule has 0 heterocycles. The molecular formula is C15H20O4. The minimum Gasteiger partial charge on any atom is -0.462 e. The second-order valence-electron chi connectivity index (χ2n) is 4.67. The van der Waals surface area contributed by atoms with Crippen LogP contribution in [-0.4, -0.2) is 25.2 Å². The van der Waals surface area contributed by atoms with Crippen LogP contribution in [-0.2, 0) is 9.47 Å². The molecule has 0 radical (unpaired) electrons. The lowest BCUT2D eigenvalue weighted by Gasteiger charge is -2.10. The van der Waals surface area contributed by atoms with Gasteiger partial charge in [0.25, 0.3) is 0 Å². The Bertz CT molecular complexity index is 438. The van der Waals surface area contributed by atoms with Crippen LogP contribution in [0.2, 0.25) is 0 Å². The van der Waals surface area contributed by atoms with E-state index in [1.54, 1.807) is 24.3 Å². The number of hydrogen-bond donors (Lipinski definition) is 0. The molecule has 0 fully saturated rings. The predicted octanol–water partition coefficient (Wildman–Crippen LogP) is 3.07. The number of benzene rings is 1. The van der Waals surface area contributed by atoms with E-state index >= 15 is 0 Å². The summed E-state index contributed by atoms with van der Waals surface area (Å²) in [5.41, 5.74) is 0.508. The Hall–Kier alpha value is -1.84. The second kappa shape index (κ2) is 7.56. The first-order valence-electron chi connectivity index (χ1n) is 6.49. The summed E-state index contributed by atoms with van der Waals surface area (Å²) in [7, 11) is 0. The van der Waals surface area contributed by atoms with Crippen molar-refractivity contribution in [2.45, 2.75) is 27.2 Å².